The van der Waals surface area contributed by atoms with E-state index in [1.54, 1.807) is 13.8 Å². The summed E-state index contributed by atoms with van der Waals surface area (Å²) in [5, 5.41) is 2.86. The lowest BCUT2D eigenvalue weighted by atomic mass is 10.4. The summed E-state index contributed by atoms with van der Waals surface area (Å²) in [6.07, 6.45) is 0.348. The minimum Gasteiger partial charge on any atom is -0.439 e. The maximum absolute atomic E-state index is 11.0. The molecule has 1 atom stereocenters. The lowest BCUT2D eigenvalue weighted by molar-refractivity contribution is -0.143. The minimum atomic E-state index is -0.404. The maximum Gasteiger partial charge on any atom is 0.335 e. The Labute approximate surface area is 84.2 Å². The van der Waals surface area contributed by atoms with Crippen LogP contribution in [0.2, 0.25) is 0 Å². The number of nitrogens with one attached hydrogen (secondary N) is 1. The molecular weight excluding hydrogens is 186 g/mol. The molecule has 1 N–H and O–H groups in total. The van der Waals surface area contributed by atoms with E-state index >= 15 is 0 Å². The van der Waals surface area contributed by atoms with Crippen molar-refractivity contribution in [3.8, 4) is 0 Å². The summed E-state index contributed by atoms with van der Waals surface area (Å²) in [6, 6.07) is 0. The fourth-order valence-corrected chi connectivity index (χ4v) is 0.785. The van der Waals surface area contributed by atoms with Crippen molar-refractivity contribution < 1.29 is 9.53 Å². The van der Waals surface area contributed by atoms with Crippen molar-refractivity contribution in [1.82, 2.24) is 5.32 Å². The van der Waals surface area contributed by atoms with Crippen LogP contribution in [0.3, 0.4) is 0 Å². The van der Waals surface area contributed by atoms with Crippen LogP contribution in [0.1, 0.15) is 27.2 Å². The molecule has 1 unspecified atom stereocenters. The highest BCUT2D eigenvalue weighted by atomic mass is 32.1. The van der Waals surface area contributed by atoms with Gasteiger partial charge in [-0.2, -0.15) is 0 Å². The lowest BCUT2D eigenvalue weighted by Gasteiger charge is -2.15. The highest BCUT2D eigenvalue weighted by Crippen LogP contribution is 1.96. The number of hydrogen-bond acceptors (Lipinski definition) is 3. The summed E-state index contributed by atoms with van der Waals surface area (Å²) >= 11 is 4.93. The predicted molar refractivity (Wildman–Crippen MR) is 56.4 cm³/mol. The molecule has 0 radical (unpaired) electrons. The largest absolute Gasteiger partial charge is 0.439 e. The van der Waals surface area contributed by atoms with E-state index in [0.29, 0.717) is 10.6 Å². The first-order valence-electron chi connectivity index (χ1n) is 4.13. The van der Waals surface area contributed by atoms with Gasteiger partial charge in [0, 0.05) is 5.57 Å². The first-order valence-corrected chi connectivity index (χ1v) is 4.54. The number of carbonyl (C=O) groups excluding carboxylic acids is 1. The molecule has 0 spiro atoms. The average molecular weight is 201 g/mol. The van der Waals surface area contributed by atoms with Crippen LogP contribution in [0.4, 0.5) is 0 Å². The van der Waals surface area contributed by atoms with Gasteiger partial charge in [-0.3, -0.25) is 0 Å². The van der Waals surface area contributed by atoms with Crippen LogP contribution in [0.5, 0.6) is 0 Å². The van der Waals surface area contributed by atoms with Gasteiger partial charge in [0.2, 0.25) is 0 Å². The number of carbonyl (C=O) groups is 1. The third-order valence-corrected chi connectivity index (χ3v) is 1.72. The van der Waals surface area contributed by atoms with Crippen LogP contribution in [0, 0.1) is 0 Å². The number of ether oxygens (including phenoxy) is 1. The zero-order valence-electron chi connectivity index (χ0n) is 8.22. The normalized spacial score (nSPS) is 11.6. The Morgan fingerprint density at radius 2 is 2.23 bits per heavy atom. The lowest BCUT2D eigenvalue weighted by Crippen LogP contribution is -2.34. The third-order valence-electron chi connectivity index (χ3n) is 1.32. The zero-order valence-corrected chi connectivity index (χ0v) is 9.03. The second-order valence-corrected chi connectivity index (χ2v) is 3.24. The van der Waals surface area contributed by atoms with Gasteiger partial charge in [-0.05, 0) is 20.3 Å². The van der Waals surface area contributed by atoms with Crippen LogP contribution in [-0.2, 0) is 9.53 Å². The molecular formula is C9H15NO2S. The van der Waals surface area contributed by atoms with Crippen LogP contribution in [0.25, 0.3) is 0 Å². The van der Waals surface area contributed by atoms with Crippen molar-refractivity contribution >= 4 is 23.2 Å². The summed E-state index contributed by atoms with van der Waals surface area (Å²) < 4.78 is 4.95. The van der Waals surface area contributed by atoms with E-state index in [4.69, 9.17) is 17.0 Å². The van der Waals surface area contributed by atoms with Crippen LogP contribution >= 0.6 is 12.2 Å². The fraction of sp³-hybridized carbons (Fsp3) is 0.556. The molecule has 3 nitrogen and oxygen atoms in total. The predicted octanol–water partition coefficient (Wildman–Crippen LogP) is 1.78. The molecule has 74 valence electrons. The van der Waals surface area contributed by atoms with Crippen molar-refractivity contribution in [3.05, 3.63) is 12.2 Å². The van der Waals surface area contributed by atoms with Gasteiger partial charge >= 0.3 is 5.97 Å². The summed E-state index contributed by atoms with van der Waals surface area (Å²) in [5.41, 5.74) is 0.385. The quantitative estimate of drug-likeness (QED) is 0.326. The Morgan fingerprint density at radius 3 is 2.62 bits per heavy atom. The molecule has 0 bridgehead atoms. The number of hydrogen-bond donors (Lipinski definition) is 1. The first-order chi connectivity index (χ1) is 5.97. The second kappa shape index (κ2) is 5.70. The molecule has 0 rings (SSSR count). The van der Waals surface area contributed by atoms with Crippen molar-refractivity contribution in [1.29, 1.82) is 0 Å². The van der Waals surface area contributed by atoms with E-state index in [2.05, 4.69) is 11.9 Å². The van der Waals surface area contributed by atoms with E-state index < -0.39 is 12.2 Å². The van der Waals surface area contributed by atoms with E-state index in [-0.39, 0.29) is 0 Å². The molecule has 0 fully saturated rings. The number of esters is 1. The highest BCUT2D eigenvalue weighted by molar-refractivity contribution is 7.80. The molecule has 0 saturated heterocycles. The van der Waals surface area contributed by atoms with Gasteiger partial charge in [-0.1, -0.05) is 25.7 Å². The van der Waals surface area contributed by atoms with Gasteiger partial charge in [0.25, 0.3) is 0 Å². The zero-order chi connectivity index (χ0) is 10.4. The summed E-state index contributed by atoms with van der Waals surface area (Å²) in [5.74, 6) is -0.404. The Morgan fingerprint density at radius 1 is 1.69 bits per heavy atom. The van der Waals surface area contributed by atoms with Crippen LogP contribution in [-0.4, -0.2) is 17.2 Å². The van der Waals surface area contributed by atoms with Gasteiger partial charge < -0.3 is 10.1 Å². The molecule has 4 heteroatoms. The number of thiocarbonyl (C=S) groups is 1. The molecule has 0 heterocycles. The van der Waals surface area contributed by atoms with Crippen LogP contribution in [0.15, 0.2) is 12.2 Å². The monoisotopic (exact) mass is 201 g/mol. The highest BCUT2D eigenvalue weighted by Gasteiger charge is 2.09. The van der Waals surface area contributed by atoms with E-state index in [0.717, 1.165) is 6.42 Å². The fourth-order valence-electron chi connectivity index (χ4n) is 0.619. The van der Waals surface area contributed by atoms with E-state index in [1.807, 2.05) is 6.92 Å². The molecule has 13 heavy (non-hydrogen) atoms. The van der Waals surface area contributed by atoms with Gasteiger partial charge in [0.1, 0.15) is 0 Å². The SMILES string of the molecule is C=C(C)C(=O)OC(C)NC(=S)CC. The molecule has 0 saturated carbocycles. The molecule has 0 amide bonds. The summed E-state index contributed by atoms with van der Waals surface area (Å²) in [4.78, 5) is 11.7. The van der Waals surface area contributed by atoms with E-state index in [9.17, 15) is 4.79 Å². The molecule has 0 aliphatic carbocycles. The van der Waals surface area contributed by atoms with Gasteiger partial charge in [0.15, 0.2) is 6.23 Å². The smallest absolute Gasteiger partial charge is 0.335 e. The van der Waals surface area contributed by atoms with E-state index in [1.165, 1.54) is 0 Å². The standard InChI is InChI=1S/C9H15NO2S/c1-5-8(13)10-7(4)12-9(11)6(2)3/h7H,2,5H2,1,3-4H3,(H,10,13). The maximum atomic E-state index is 11.0. The molecule has 0 aliphatic heterocycles. The average Bonchev–Trinajstić information content (AvgIpc) is 2.03. The second-order valence-electron chi connectivity index (χ2n) is 2.75. The van der Waals surface area contributed by atoms with Crippen molar-refractivity contribution in [2.75, 3.05) is 0 Å². The van der Waals surface area contributed by atoms with Crippen molar-refractivity contribution in [3.63, 3.8) is 0 Å². The summed E-state index contributed by atoms with van der Waals surface area (Å²) in [7, 11) is 0. The van der Waals surface area contributed by atoms with Gasteiger partial charge in [-0.15, -0.1) is 0 Å². The Bertz CT molecular complexity index is 226. The van der Waals surface area contributed by atoms with Crippen molar-refractivity contribution in [2.45, 2.75) is 33.4 Å². The topological polar surface area (TPSA) is 38.3 Å². The number of rotatable bonds is 4. The molecule has 0 aromatic carbocycles. The molecule has 0 aromatic rings. The summed E-state index contributed by atoms with van der Waals surface area (Å²) in [6.45, 7) is 8.73. The first kappa shape index (κ1) is 12.1. The Balaban J connectivity index is 3.87. The molecule has 0 aliphatic rings. The third kappa shape index (κ3) is 5.36. The minimum absolute atomic E-state index is 0.385. The Hall–Kier alpha value is -0.900. The van der Waals surface area contributed by atoms with Gasteiger partial charge in [0.05, 0.1) is 4.99 Å². The Kier molecular flexibility index (Phi) is 5.30. The van der Waals surface area contributed by atoms with Crippen LogP contribution < -0.4 is 5.32 Å². The molecule has 0 aromatic heterocycles. The van der Waals surface area contributed by atoms with Gasteiger partial charge in [-0.25, -0.2) is 4.79 Å². The van der Waals surface area contributed by atoms with Crippen molar-refractivity contribution in [2.24, 2.45) is 0 Å².